The number of benzene rings is 3. The van der Waals surface area contributed by atoms with Crippen LogP contribution in [-0.2, 0) is 7.05 Å². The normalized spacial score (nSPS) is 10.4. The highest BCUT2D eigenvalue weighted by molar-refractivity contribution is 6.05. The quantitative estimate of drug-likeness (QED) is 0.472. The molecule has 7 heteroatoms. The van der Waals surface area contributed by atoms with Crippen LogP contribution in [0, 0.1) is 0 Å². The van der Waals surface area contributed by atoms with Crippen molar-refractivity contribution in [3.8, 4) is 17.0 Å². The first kappa shape index (κ1) is 20.9. The van der Waals surface area contributed by atoms with Crippen molar-refractivity contribution in [3.05, 3.63) is 96.1 Å². The molecule has 0 fully saturated rings. The molecular weight excluding hydrogens is 404 g/mol. The Morgan fingerprint density at radius 1 is 0.812 bits per heavy atom. The number of hydrogen-bond donors (Lipinski definition) is 2. The van der Waals surface area contributed by atoms with Crippen molar-refractivity contribution in [2.45, 2.75) is 0 Å². The molecule has 2 N–H and O–H groups in total. The molecule has 0 radical (unpaired) electrons. The molecule has 0 saturated carbocycles. The number of ether oxygens (including phenoxy) is 1. The van der Waals surface area contributed by atoms with E-state index in [2.05, 4.69) is 15.7 Å². The number of rotatable bonds is 6. The highest BCUT2D eigenvalue weighted by atomic mass is 16.5. The van der Waals surface area contributed by atoms with Crippen molar-refractivity contribution in [2.24, 2.45) is 7.05 Å². The molecule has 160 valence electrons. The smallest absolute Gasteiger partial charge is 0.256 e. The standard InChI is InChI=1S/C25H22N4O3/c1-29-23(27-24(30)18-7-4-3-5-8-18)16-22(28-29)17-11-13-20(14-12-17)26-25(31)19-9-6-10-21(15-19)32-2/h3-16H,1-2H3,(H,26,31)(H,27,30). The number of aromatic nitrogens is 2. The minimum Gasteiger partial charge on any atom is -0.497 e. The number of methoxy groups -OCH3 is 1. The number of anilines is 2. The second kappa shape index (κ2) is 9.18. The average molecular weight is 426 g/mol. The first-order valence-electron chi connectivity index (χ1n) is 10.00. The Morgan fingerprint density at radius 3 is 2.22 bits per heavy atom. The van der Waals surface area contributed by atoms with E-state index in [4.69, 9.17) is 4.74 Å². The molecule has 1 aromatic heterocycles. The molecule has 4 aromatic rings. The predicted molar refractivity (Wildman–Crippen MR) is 124 cm³/mol. The highest BCUT2D eigenvalue weighted by Gasteiger charge is 2.12. The van der Waals surface area contributed by atoms with Crippen molar-refractivity contribution >= 4 is 23.3 Å². The lowest BCUT2D eigenvalue weighted by atomic mass is 10.1. The average Bonchev–Trinajstić information content (AvgIpc) is 3.20. The number of hydrogen-bond acceptors (Lipinski definition) is 4. The van der Waals surface area contributed by atoms with Crippen LogP contribution in [0.5, 0.6) is 5.75 Å². The number of nitrogens with one attached hydrogen (secondary N) is 2. The third-order valence-electron chi connectivity index (χ3n) is 4.93. The fourth-order valence-corrected chi connectivity index (χ4v) is 3.20. The molecule has 0 atom stereocenters. The number of carbonyl (C=O) groups is 2. The van der Waals surface area contributed by atoms with E-state index in [-0.39, 0.29) is 11.8 Å². The van der Waals surface area contributed by atoms with E-state index in [0.29, 0.717) is 34.1 Å². The van der Waals surface area contributed by atoms with E-state index in [9.17, 15) is 9.59 Å². The molecule has 0 bridgehead atoms. The van der Waals surface area contributed by atoms with E-state index in [0.717, 1.165) is 5.56 Å². The minimum absolute atomic E-state index is 0.198. The Labute approximate surface area is 185 Å². The van der Waals surface area contributed by atoms with Crippen LogP contribution in [0.15, 0.2) is 84.9 Å². The lowest BCUT2D eigenvalue weighted by Gasteiger charge is -2.07. The lowest BCUT2D eigenvalue weighted by molar-refractivity contribution is 0.101. The van der Waals surface area contributed by atoms with Crippen molar-refractivity contribution in [1.29, 1.82) is 0 Å². The minimum atomic E-state index is -0.222. The van der Waals surface area contributed by atoms with E-state index in [1.165, 1.54) is 0 Å². The summed E-state index contributed by atoms with van der Waals surface area (Å²) >= 11 is 0. The molecule has 4 rings (SSSR count). The van der Waals surface area contributed by atoms with Gasteiger partial charge in [0.15, 0.2) is 0 Å². The van der Waals surface area contributed by atoms with Gasteiger partial charge in [0.25, 0.3) is 11.8 Å². The summed E-state index contributed by atoms with van der Waals surface area (Å²) in [5.41, 5.74) is 3.32. The molecule has 0 aliphatic carbocycles. The van der Waals surface area contributed by atoms with Gasteiger partial charge in [-0.2, -0.15) is 5.10 Å². The monoisotopic (exact) mass is 426 g/mol. The van der Waals surface area contributed by atoms with Crippen molar-refractivity contribution in [2.75, 3.05) is 17.7 Å². The summed E-state index contributed by atoms with van der Waals surface area (Å²) in [6.07, 6.45) is 0. The second-order valence-corrected chi connectivity index (χ2v) is 7.12. The van der Waals surface area contributed by atoms with Gasteiger partial charge in [-0.3, -0.25) is 14.3 Å². The maximum atomic E-state index is 12.5. The Balaban J connectivity index is 1.45. The second-order valence-electron chi connectivity index (χ2n) is 7.12. The fourth-order valence-electron chi connectivity index (χ4n) is 3.20. The molecule has 0 aliphatic heterocycles. The van der Waals surface area contributed by atoms with Crippen LogP contribution in [-0.4, -0.2) is 28.7 Å². The zero-order valence-electron chi connectivity index (χ0n) is 17.7. The Kier molecular flexibility index (Phi) is 5.98. The summed E-state index contributed by atoms with van der Waals surface area (Å²) in [5, 5.41) is 10.2. The largest absolute Gasteiger partial charge is 0.497 e. The first-order chi connectivity index (χ1) is 15.5. The first-order valence-corrected chi connectivity index (χ1v) is 10.00. The van der Waals surface area contributed by atoms with Crippen molar-refractivity contribution < 1.29 is 14.3 Å². The van der Waals surface area contributed by atoms with Crippen LogP contribution < -0.4 is 15.4 Å². The number of amides is 2. The summed E-state index contributed by atoms with van der Waals surface area (Å²) < 4.78 is 6.79. The van der Waals surface area contributed by atoms with Gasteiger partial charge in [0, 0.05) is 35.5 Å². The summed E-state index contributed by atoms with van der Waals surface area (Å²) in [7, 11) is 3.33. The third kappa shape index (κ3) is 4.67. The van der Waals surface area contributed by atoms with Gasteiger partial charge in [-0.05, 0) is 42.5 Å². The van der Waals surface area contributed by atoms with E-state index in [1.807, 2.05) is 48.5 Å². The molecule has 1 heterocycles. The van der Waals surface area contributed by atoms with Crippen molar-refractivity contribution in [3.63, 3.8) is 0 Å². The van der Waals surface area contributed by atoms with Gasteiger partial charge in [0.2, 0.25) is 0 Å². The van der Waals surface area contributed by atoms with Gasteiger partial charge in [-0.25, -0.2) is 0 Å². The number of nitrogens with zero attached hydrogens (tertiary/aromatic N) is 2. The van der Waals surface area contributed by atoms with E-state index in [1.54, 1.807) is 55.2 Å². The fraction of sp³-hybridized carbons (Fsp3) is 0.0800. The number of aryl methyl sites for hydroxylation is 1. The molecule has 7 nitrogen and oxygen atoms in total. The molecule has 0 aliphatic rings. The molecule has 0 unspecified atom stereocenters. The maximum absolute atomic E-state index is 12.5. The van der Waals surface area contributed by atoms with Gasteiger partial charge >= 0.3 is 0 Å². The van der Waals surface area contributed by atoms with Crippen LogP contribution in [0.4, 0.5) is 11.5 Å². The Morgan fingerprint density at radius 2 is 1.50 bits per heavy atom. The predicted octanol–water partition coefficient (Wildman–Crippen LogP) is 4.60. The molecular formula is C25H22N4O3. The Bertz CT molecular complexity index is 1250. The maximum Gasteiger partial charge on any atom is 0.256 e. The van der Waals surface area contributed by atoms with Crippen LogP contribution in [0.2, 0.25) is 0 Å². The topological polar surface area (TPSA) is 85.3 Å². The van der Waals surface area contributed by atoms with Gasteiger partial charge < -0.3 is 15.4 Å². The Hall–Kier alpha value is -4.39. The summed E-state index contributed by atoms with van der Waals surface area (Å²) in [6.45, 7) is 0. The molecule has 2 amide bonds. The highest BCUT2D eigenvalue weighted by Crippen LogP contribution is 2.24. The van der Waals surface area contributed by atoms with Crippen LogP contribution in [0.1, 0.15) is 20.7 Å². The van der Waals surface area contributed by atoms with Crippen molar-refractivity contribution in [1.82, 2.24) is 9.78 Å². The zero-order chi connectivity index (χ0) is 22.5. The lowest BCUT2D eigenvalue weighted by Crippen LogP contribution is -2.14. The summed E-state index contributed by atoms with van der Waals surface area (Å²) in [5.74, 6) is 0.790. The van der Waals surface area contributed by atoms with Gasteiger partial charge in [0.05, 0.1) is 12.8 Å². The third-order valence-corrected chi connectivity index (χ3v) is 4.93. The summed E-state index contributed by atoms with van der Waals surface area (Å²) in [6, 6.07) is 25.1. The van der Waals surface area contributed by atoms with E-state index < -0.39 is 0 Å². The zero-order valence-corrected chi connectivity index (χ0v) is 17.7. The van der Waals surface area contributed by atoms with Crippen LogP contribution in [0.3, 0.4) is 0 Å². The molecule has 3 aromatic carbocycles. The van der Waals surface area contributed by atoms with Gasteiger partial charge in [0.1, 0.15) is 11.6 Å². The van der Waals surface area contributed by atoms with Gasteiger partial charge in [-0.1, -0.05) is 36.4 Å². The summed E-state index contributed by atoms with van der Waals surface area (Å²) in [4.78, 5) is 24.9. The molecule has 32 heavy (non-hydrogen) atoms. The number of carbonyl (C=O) groups excluding carboxylic acids is 2. The SMILES string of the molecule is COc1cccc(C(=O)Nc2ccc(-c3cc(NC(=O)c4ccccc4)n(C)n3)cc2)c1. The molecule has 0 spiro atoms. The van der Waals surface area contributed by atoms with Crippen LogP contribution in [0.25, 0.3) is 11.3 Å². The van der Waals surface area contributed by atoms with Crippen LogP contribution >= 0.6 is 0 Å². The van der Waals surface area contributed by atoms with E-state index >= 15 is 0 Å². The molecule has 0 saturated heterocycles. The van der Waals surface area contributed by atoms with Gasteiger partial charge in [-0.15, -0.1) is 0 Å².